The Morgan fingerprint density at radius 1 is 1.00 bits per heavy atom. The van der Waals surface area contributed by atoms with E-state index in [1.54, 1.807) is 6.92 Å². The maximum Gasteiger partial charge on any atom is 0.354 e. The van der Waals surface area contributed by atoms with Crippen LogP contribution >= 0.6 is 0 Å². The minimum atomic E-state index is -0.291. The van der Waals surface area contributed by atoms with E-state index >= 15 is 0 Å². The van der Waals surface area contributed by atoms with Crippen molar-refractivity contribution in [1.82, 2.24) is 4.57 Å². The number of esters is 2. The molecule has 0 aliphatic rings. The number of para-hydroxylation sites is 1. The van der Waals surface area contributed by atoms with Gasteiger partial charge in [-0.2, -0.15) is 0 Å². The fourth-order valence-electron chi connectivity index (χ4n) is 2.77. The number of rotatable bonds is 9. The fourth-order valence-corrected chi connectivity index (χ4v) is 2.77. The summed E-state index contributed by atoms with van der Waals surface area (Å²) in [6.07, 6.45) is 3.05. The summed E-state index contributed by atoms with van der Waals surface area (Å²) in [6, 6.07) is 9.81. The van der Waals surface area contributed by atoms with E-state index in [1.165, 1.54) is 0 Å². The van der Waals surface area contributed by atoms with Gasteiger partial charge in [0.05, 0.1) is 13.2 Å². The highest BCUT2D eigenvalue weighted by molar-refractivity contribution is 5.95. The molecule has 24 heavy (non-hydrogen) atoms. The molecule has 0 spiro atoms. The molecule has 5 nitrogen and oxygen atoms in total. The number of aromatic nitrogens is 1. The van der Waals surface area contributed by atoms with Crippen LogP contribution in [0, 0.1) is 0 Å². The Labute approximate surface area is 142 Å². The number of nitrogens with zero attached hydrogens (tertiary/aromatic N) is 1. The van der Waals surface area contributed by atoms with Crippen LogP contribution in [0.15, 0.2) is 30.3 Å². The van der Waals surface area contributed by atoms with Gasteiger partial charge in [0.25, 0.3) is 0 Å². The predicted molar refractivity (Wildman–Crippen MR) is 93.0 cm³/mol. The van der Waals surface area contributed by atoms with Crippen LogP contribution in [0.5, 0.6) is 0 Å². The molecule has 0 fully saturated rings. The van der Waals surface area contributed by atoms with Crippen molar-refractivity contribution in [3.63, 3.8) is 0 Å². The number of ether oxygens (including phenoxy) is 2. The van der Waals surface area contributed by atoms with Crippen LogP contribution in [-0.2, 0) is 20.8 Å². The van der Waals surface area contributed by atoms with Crippen molar-refractivity contribution < 1.29 is 19.1 Å². The fraction of sp³-hybridized carbons (Fsp3) is 0.474. The smallest absolute Gasteiger partial charge is 0.354 e. The van der Waals surface area contributed by atoms with Crippen molar-refractivity contribution in [2.75, 3.05) is 13.2 Å². The number of fused-ring (bicyclic) bond motifs is 1. The van der Waals surface area contributed by atoms with Crippen molar-refractivity contribution in [2.24, 2.45) is 0 Å². The Morgan fingerprint density at radius 2 is 1.75 bits per heavy atom. The van der Waals surface area contributed by atoms with Crippen molar-refractivity contribution in [2.45, 2.75) is 46.1 Å². The normalized spacial score (nSPS) is 10.8. The first-order valence-electron chi connectivity index (χ1n) is 8.58. The molecule has 0 saturated carbocycles. The molecule has 130 valence electrons. The lowest BCUT2D eigenvalue weighted by Crippen LogP contribution is -2.12. The van der Waals surface area contributed by atoms with Crippen molar-refractivity contribution >= 4 is 22.8 Å². The minimum absolute atomic E-state index is 0.142. The van der Waals surface area contributed by atoms with E-state index < -0.39 is 0 Å². The van der Waals surface area contributed by atoms with Gasteiger partial charge in [-0.1, -0.05) is 24.6 Å². The molecule has 0 atom stereocenters. The Bertz CT molecular complexity index is 690. The van der Waals surface area contributed by atoms with Crippen molar-refractivity contribution in [3.8, 4) is 0 Å². The molecule has 5 heteroatoms. The van der Waals surface area contributed by atoms with Gasteiger partial charge in [0.15, 0.2) is 0 Å². The molecule has 1 aromatic carbocycles. The molecule has 0 aliphatic heterocycles. The van der Waals surface area contributed by atoms with Crippen molar-refractivity contribution in [1.29, 1.82) is 0 Å². The lowest BCUT2D eigenvalue weighted by molar-refractivity contribution is -0.143. The summed E-state index contributed by atoms with van der Waals surface area (Å²) in [7, 11) is 0. The SMILES string of the molecule is CCOC(=O)CCCCCn1c(C(=O)OCC)cc2ccccc21. The van der Waals surface area contributed by atoms with Gasteiger partial charge < -0.3 is 14.0 Å². The number of carbonyl (C=O) groups excluding carboxylic acids is 2. The number of aryl methyl sites for hydroxylation is 1. The zero-order valence-electron chi connectivity index (χ0n) is 14.4. The second kappa shape index (κ2) is 9.11. The van der Waals surface area contributed by atoms with E-state index in [0.717, 1.165) is 36.7 Å². The minimum Gasteiger partial charge on any atom is -0.466 e. The summed E-state index contributed by atoms with van der Waals surface area (Å²) in [4.78, 5) is 23.5. The summed E-state index contributed by atoms with van der Waals surface area (Å²) in [5.74, 6) is -0.434. The maximum absolute atomic E-state index is 12.2. The Balaban J connectivity index is 2.00. The molecule has 2 aromatic rings. The van der Waals surface area contributed by atoms with Crippen LogP contribution in [0.25, 0.3) is 10.9 Å². The van der Waals surface area contributed by atoms with Crippen LogP contribution in [0.2, 0.25) is 0 Å². The number of unbranched alkanes of at least 4 members (excludes halogenated alkanes) is 2. The van der Waals surface area contributed by atoms with Gasteiger partial charge in [-0.05, 0) is 38.8 Å². The molecule has 0 saturated heterocycles. The molecule has 1 aromatic heterocycles. The molecule has 0 radical (unpaired) electrons. The van der Waals surface area contributed by atoms with Gasteiger partial charge in [-0.3, -0.25) is 4.79 Å². The second-order valence-electron chi connectivity index (χ2n) is 5.58. The van der Waals surface area contributed by atoms with E-state index in [9.17, 15) is 9.59 Å². The highest BCUT2D eigenvalue weighted by Crippen LogP contribution is 2.21. The summed E-state index contributed by atoms with van der Waals surface area (Å²) in [5.41, 5.74) is 1.62. The van der Waals surface area contributed by atoms with Gasteiger partial charge in [0.1, 0.15) is 5.69 Å². The first kappa shape index (κ1) is 18.0. The summed E-state index contributed by atoms with van der Waals surface area (Å²) < 4.78 is 12.1. The monoisotopic (exact) mass is 331 g/mol. The summed E-state index contributed by atoms with van der Waals surface area (Å²) in [5, 5.41) is 1.03. The third-order valence-electron chi connectivity index (χ3n) is 3.86. The van der Waals surface area contributed by atoms with E-state index in [0.29, 0.717) is 25.3 Å². The number of hydrogen-bond acceptors (Lipinski definition) is 4. The predicted octanol–water partition coefficient (Wildman–Crippen LogP) is 3.94. The number of hydrogen-bond donors (Lipinski definition) is 0. The molecule has 0 unspecified atom stereocenters. The highest BCUT2D eigenvalue weighted by Gasteiger charge is 2.16. The molecule has 2 rings (SSSR count). The van der Waals surface area contributed by atoms with Crippen LogP contribution < -0.4 is 0 Å². The van der Waals surface area contributed by atoms with Gasteiger partial charge in [-0.25, -0.2) is 4.79 Å². The molecule has 1 heterocycles. The van der Waals surface area contributed by atoms with Gasteiger partial charge in [0.2, 0.25) is 0 Å². The lowest BCUT2D eigenvalue weighted by atomic mass is 10.2. The third-order valence-corrected chi connectivity index (χ3v) is 3.86. The first-order chi connectivity index (χ1) is 11.7. The zero-order valence-corrected chi connectivity index (χ0v) is 14.4. The second-order valence-corrected chi connectivity index (χ2v) is 5.58. The standard InChI is InChI=1S/C19H25NO4/c1-3-23-18(21)12-6-5-9-13-20-16-11-8-7-10-15(16)14-17(20)19(22)24-4-2/h7-8,10-11,14H,3-6,9,12-13H2,1-2H3. The van der Waals surface area contributed by atoms with E-state index in [1.807, 2.05) is 41.8 Å². The van der Waals surface area contributed by atoms with Crippen LogP contribution in [0.1, 0.15) is 50.0 Å². The van der Waals surface area contributed by atoms with E-state index in [4.69, 9.17) is 9.47 Å². The average Bonchev–Trinajstić information content (AvgIpc) is 2.94. The first-order valence-corrected chi connectivity index (χ1v) is 8.58. The molecular formula is C19H25NO4. The van der Waals surface area contributed by atoms with Crippen LogP contribution in [0.3, 0.4) is 0 Å². The van der Waals surface area contributed by atoms with E-state index in [2.05, 4.69) is 0 Å². The molecule has 0 aliphatic carbocycles. The molecule has 0 amide bonds. The lowest BCUT2D eigenvalue weighted by Gasteiger charge is -2.10. The van der Waals surface area contributed by atoms with Gasteiger partial charge >= 0.3 is 11.9 Å². The molecule has 0 N–H and O–H groups in total. The van der Waals surface area contributed by atoms with Gasteiger partial charge in [-0.15, -0.1) is 0 Å². The Hall–Kier alpha value is -2.30. The van der Waals surface area contributed by atoms with Crippen molar-refractivity contribution in [3.05, 3.63) is 36.0 Å². The third kappa shape index (κ3) is 4.60. The van der Waals surface area contributed by atoms with Crippen LogP contribution in [0.4, 0.5) is 0 Å². The molecular weight excluding hydrogens is 306 g/mol. The average molecular weight is 331 g/mol. The van der Waals surface area contributed by atoms with Crippen LogP contribution in [-0.4, -0.2) is 29.7 Å². The quantitative estimate of drug-likeness (QED) is 0.516. The number of carbonyl (C=O) groups is 2. The number of benzene rings is 1. The summed E-state index contributed by atoms with van der Waals surface area (Å²) >= 11 is 0. The zero-order chi connectivity index (χ0) is 17.4. The summed E-state index contributed by atoms with van der Waals surface area (Å²) in [6.45, 7) is 5.13. The van der Waals surface area contributed by atoms with Gasteiger partial charge in [0, 0.05) is 23.9 Å². The Morgan fingerprint density at radius 3 is 2.50 bits per heavy atom. The highest BCUT2D eigenvalue weighted by atomic mass is 16.5. The largest absolute Gasteiger partial charge is 0.466 e. The Kier molecular flexibility index (Phi) is 6.85. The topological polar surface area (TPSA) is 57.5 Å². The van der Waals surface area contributed by atoms with E-state index in [-0.39, 0.29) is 11.9 Å². The maximum atomic E-state index is 12.2. The molecule has 0 bridgehead atoms.